The van der Waals surface area contributed by atoms with Gasteiger partial charge in [-0.05, 0) is 25.8 Å². The van der Waals surface area contributed by atoms with Gasteiger partial charge in [-0.15, -0.1) is 0 Å². The maximum absolute atomic E-state index is 12.3. The van der Waals surface area contributed by atoms with Gasteiger partial charge in [-0.1, -0.05) is 12.2 Å². The molecular formula is C13H20O3. The molecule has 0 N–H and O–H groups in total. The first-order chi connectivity index (χ1) is 7.47. The molecule has 0 radical (unpaired) electrons. The van der Waals surface area contributed by atoms with Crippen molar-refractivity contribution >= 4 is 5.78 Å². The zero-order chi connectivity index (χ0) is 12.3. The van der Waals surface area contributed by atoms with E-state index in [4.69, 9.17) is 9.47 Å². The van der Waals surface area contributed by atoms with E-state index in [9.17, 15) is 4.79 Å². The minimum atomic E-state index is -0.471. The van der Waals surface area contributed by atoms with Crippen LogP contribution in [0, 0.1) is 5.41 Å². The third-order valence-corrected chi connectivity index (χ3v) is 3.32. The third kappa shape index (κ3) is 2.11. The normalized spacial score (nSPS) is 25.4. The molecule has 1 aliphatic rings. The van der Waals surface area contributed by atoms with Crippen molar-refractivity contribution in [2.45, 2.75) is 20.3 Å². The van der Waals surface area contributed by atoms with Crippen molar-refractivity contribution in [1.29, 1.82) is 0 Å². The Morgan fingerprint density at radius 2 is 1.94 bits per heavy atom. The number of hydrogen-bond acceptors (Lipinski definition) is 3. The van der Waals surface area contributed by atoms with Crippen molar-refractivity contribution in [3.63, 3.8) is 0 Å². The number of Topliss-reactive ketones (excluding diaryl/α,β-unsaturated/α-hetero) is 1. The molecule has 0 saturated heterocycles. The molecule has 0 spiro atoms. The van der Waals surface area contributed by atoms with Crippen LogP contribution in [-0.2, 0) is 14.3 Å². The monoisotopic (exact) mass is 224 g/mol. The summed E-state index contributed by atoms with van der Waals surface area (Å²) >= 11 is 0. The highest BCUT2D eigenvalue weighted by molar-refractivity contribution is 6.05. The molecule has 1 aliphatic carbocycles. The van der Waals surface area contributed by atoms with E-state index < -0.39 is 5.41 Å². The lowest BCUT2D eigenvalue weighted by atomic mass is 9.79. The Labute approximate surface area is 97.1 Å². The fourth-order valence-electron chi connectivity index (χ4n) is 2.08. The molecule has 0 aromatic carbocycles. The molecule has 3 heteroatoms. The van der Waals surface area contributed by atoms with Gasteiger partial charge in [0.2, 0.25) is 0 Å². The maximum Gasteiger partial charge on any atom is 0.171 e. The second kappa shape index (κ2) is 4.93. The number of carbonyl (C=O) groups is 1. The quantitative estimate of drug-likeness (QED) is 0.671. The lowest BCUT2D eigenvalue weighted by molar-refractivity contribution is -0.121. The lowest BCUT2D eigenvalue weighted by Crippen LogP contribution is -2.26. The van der Waals surface area contributed by atoms with Gasteiger partial charge in [0, 0.05) is 19.8 Å². The van der Waals surface area contributed by atoms with E-state index in [1.807, 2.05) is 13.8 Å². The summed E-state index contributed by atoms with van der Waals surface area (Å²) in [5.74, 6) is 0.133. The number of allylic oxidation sites excluding steroid dienone is 1. The van der Waals surface area contributed by atoms with E-state index in [0.717, 1.165) is 16.7 Å². The lowest BCUT2D eigenvalue weighted by Gasteiger charge is -2.23. The van der Waals surface area contributed by atoms with Crippen molar-refractivity contribution < 1.29 is 14.3 Å². The molecule has 1 rings (SSSR count). The Bertz CT molecular complexity index is 341. The summed E-state index contributed by atoms with van der Waals surface area (Å²) in [4.78, 5) is 12.3. The number of carbonyl (C=O) groups excluding carboxylic acids is 1. The fraction of sp³-hybridized carbons (Fsp3) is 0.615. The second-order valence-electron chi connectivity index (χ2n) is 4.57. The Balaban J connectivity index is 3.02. The predicted octanol–water partition coefficient (Wildman–Crippen LogP) is 2.13. The smallest absolute Gasteiger partial charge is 0.171 e. The van der Waals surface area contributed by atoms with E-state index >= 15 is 0 Å². The van der Waals surface area contributed by atoms with Crippen LogP contribution in [0.1, 0.15) is 20.3 Å². The first-order valence-corrected chi connectivity index (χ1v) is 5.37. The minimum absolute atomic E-state index is 0.133. The second-order valence-corrected chi connectivity index (χ2v) is 4.57. The first-order valence-electron chi connectivity index (χ1n) is 5.37. The van der Waals surface area contributed by atoms with E-state index in [2.05, 4.69) is 6.58 Å². The number of ketones is 1. The molecule has 0 bridgehead atoms. The van der Waals surface area contributed by atoms with Crippen LogP contribution in [0.2, 0.25) is 0 Å². The van der Waals surface area contributed by atoms with Gasteiger partial charge in [0.15, 0.2) is 5.78 Å². The highest BCUT2D eigenvalue weighted by Gasteiger charge is 2.43. The Hall–Kier alpha value is -0.930. The van der Waals surface area contributed by atoms with Crippen LogP contribution in [0.4, 0.5) is 0 Å². The minimum Gasteiger partial charge on any atom is -0.380 e. The summed E-state index contributed by atoms with van der Waals surface area (Å²) in [5.41, 5.74) is 2.23. The van der Waals surface area contributed by atoms with Crippen LogP contribution in [0.3, 0.4) is 0 Å². The third-order valence-electron chi connectivity index (χ3n) is 3.32. The van der Waals surface area contributed by atoms with E-state index in [0.29, 0.717) is 19.6 Å². The van der Waals surface area contributed by atoms with E-state index in [-0.39, 0.29) is 5.78 Å². The van der Waals surface area contributed by atoms with Crippen LogP contribution < -0.4 is 0 Å². The molecule has 0 aliphatic heterocycles. The van der Waals surface area contributed by atoms with Gasteiger partial charge in [0.25, 0.3) is 0 Å². The summed E-state index contributed by atoms with van der Waals surface area (Å²) < 4.78 is 10.2. The topological polar surface area (TPSA) is 35.5 Å². The average Bonchev–Trinajstić information content (AvgIpc) is 2.45. The van der Waals surface area contributed by atoms with Crippen molar-refractivity contribution in [2.75, 3.05) is 27.4 Å². The number of methoxy groups -OCH3 is 2. The molecule has 0 saturated carbocycles. The highest BCUT2D eigenvalue weighted by atomic mass is 16.5. The van der Waals surface area contributed by atoms with Gasteiger partial charge in [-0.3, -0.25) is 4.79 Å². The SMILES string of the molecule is C=C(C)C1(C)CC(COC)=C(COC)C1=O. The number of hydrogen-bond donors (Lipinski definition) is 0. The zero-order valence-corrected chi connectivity index (χ0v) is 10.6. The zero-order valence-electron chi connectivity index (χ0n) is 10.6. The van der Waals surface area contributed by atoms with E-state index in [1.165, 1.54) is 0 Å². The Morgan fingerprint density at radius 1 is 1.38 bits per heavy atom. The molecule has 0 aromatic heterocycles. The molecule has 0 amide bonds. The molecule has 16 heavy (non-hydrogen) atoms. The predicted molar refractivity (Wildman–Crippen MR) is 63.3 cm³/mol. The van der Waals surface area contributed by atoms with Crippen LogP contribution in [0.5, 0.6) is 0 Å². The summed E-state index contributed by atoms with van der Waals surface area (Å²) in [7, 11) is 3.24. The summed E-state index contributed by atoms with van der Waals surface area (Å²) in [6, 6.07) is 0. The van der Waals surface area contributed by atoms with Crippen molar-refractivity contribution in [1.82, 2.24) is 0 Å². The van der Waals surface area contributed by atoms with Crippen molar-refractivity contribution in [3.05, 3.63) is 23.3 Å². The maximum atomic E-state index is 12.3. The Morgan fingerprint density at radius 3 is 2.38 bits per heavy atom. The van der Waals surface area contributed by atoms with Crippen LogP contribution in [0.25, 0.3) is 0 Å². The molecule has 3 nitrogen and oxygen atoms in total. The molecule has 1 atom stereocenters. The van der Waals surface area contributed by atoms with Gasteiger partial charge < -0.3 is 9.47 Å². The highest BCUT2D eigenvalue weighted by Crippen LogP contribution is 2.43. The first kappa shape index (κ1) is 13.1. The molecule has 1 unspecified atom stereocenters. The van der Waals surface area contributed by atoms with Gasteiger partial charge in [-0.25, -0.2) is 0 Å². The van der Waals surface area contributed by atoms with Crippen molar-refractivity contribution in [2.24, 2.45) is 5.41 Å². The van der Waals surface area contributed by atoms with Crippen molar-refractivity contribution in [3.8, 4) is 0 Å². The largest absolute Gasteiger partial charge is 0.380 e. The Kier molecular flexibility index (Phi) is 4.05. The van der Waals surface area contributed by atoms with Crippen LogP contribution in [0.15, 0.2) is 23.3 Å². The molecule has 0 aromatic rings. The van der Waals surface area contributed by atoms with Crippen LogP contribution >= 0.6 is 0 Å². The van der Waals surface area contributed by atoms with E-state index in [1.54, 1.807) is 14.2 Å². The standard InChI is InChI=1S/C13H20O3/c1-9(2)13(3)6-10(7-15-4)11(8-16-5)12(13)14/h1,6-8H2,2-5H3. The van der Waals surface area contributed by atoms with Gasteiger partial charge in [0.1, 0.15) is 0 Å². The average molecular weight is 224 g/mol. The molecule has 90 valence electrons. The fourth-order valence-corrected chi connectivity index (χ4v) is 2.08. The molecule has 0 fully saturated rings. The van der Waals surface area contributed by atoms with Gasteiger partial charge in [0.05, 0.1) is 18.6 Å². The molecule has 0 heterocycles. The number of ether oxygens (including phenoxy) is 2. The summed E-state index contributed by atoms with van der Waals surface area (Å²) in [6.45, 7) is 8.62. The van der Waals surface area contributed by atoms with Crippen LogP contribution in [-0.4, -0.2) is 33.2 Å². The number of rotatable bonds is 5. The summed E-state index contributed by atoms with van der Waals surface area (Å²) in [6.07, 6.45) is 0.702. The van der Waals surface area contributed by atoms with Gasteiger partial charge >= 0.3 is 0 Å². The van der Waals surface area contributed by atoms with Gasteiger partial charge in [-0.2, -0.15) is 0 Å². The molecular weight excluding hydrogens is 204 g/mol. The summed E-state index contributed by atoms with van der Waals surface area (Å²) in [5, 5.41) is 0.